The third-order valence-corrected chi connectivity index (χ3v) is 4.06. The van der Waals surface area contributed by atoms with Gasteiger partial charge in [-0.15, -0.1) is 0 Å². The fraction of sp³-hybridized carbons (Fsp3) is 0.824. The number of hydrogen-bond acceptors (Lipinski definition) is 3. The van der Waals surface area contributed by atoms with Crippen molar-refractivity contribution in [2.75, 3.05) is 0 Å². The van der Waals surface area contributed by atoms with Crippen LogP contribution >= 0.6 is 0 Å². The number of amides is 1. The predicted octanol–water partition coefficient (Wildman–Crippen LogP) is 3.32. The quantitative estimate of drug-likeness (QED) is 0.470. The van der Waals surface area contributed by atoms with Gasteiger partial charge in [-0.05, 0) is 19.3 Å². The van der Waals surface area contributed by atoms with E-state index in [4.69, 9.17) is 0 Å². The number of ketones is 2. The Morgan fingerprint density at radius 2 is 1.76 bits per heavy atom. The number of nitrogens with one attached hydrogen (secondary N) is 1. The molecule has 1 atom stereocenters. The topological polar surface area (TPSA) is 63.2 Å². The Bertz CT molecular complexity index is 352. The number of carbonyl (C=O) groups excluding carboxylic acids is 3. The average Bonchev–Trinajstić information content (AvgIpc) is 2.83. The van der Waals surface area contributed by atoms with E-state index in [0.29, 0.717) is 12.8 Å². The van der Waals surface area contributed by atoms with Crippen molar-refractivity contribution in [2.45, 2.75) is 90.0 Å². The Morgan fingerprint density at radius 3 is 2.38 bits per heavy atom. The summed E-state index contributed by atoms with van der Waals surface area (Å²) in [7, 11) is 0. The van der Waals surface area contributed by atoms with E-state index in [9.17, 15) is 14.4 Å². The minimum Gasteiger partial charge on any atom is -0.346 e. The third kappa shape index (κ3) is 7.98. The molecule has 1 aliphatic rings. The molecule has 0 aromatic carbocycles. The summed E-state index contributed by atoms with van der Waals surface area (Å²) >= 11 is 0. The Labute approximate surface area is 128 Å². The largest absolute Gasteiger partial charge is 0.346 e. The second kappa shape index (κ2) is 10.5. The lowest BCUT2D eigenvalue weighted by molar-refractivity contribution is -0.131. The number of carbonyl (C=O) groups is 3. The summed E-state index contributed by atoms with van der Waals surface area (Å²) in [4.78, 5) is 34.8. The maximum absolute atomic E-state index is 11.7. The van der Waals surface area contributed by atoms with Crippen molar-refractivity contribution < 1.29 is 14.4 Å². The molecule has 1 rings (SSSR count). The van der Waals surface area contributed by atoms with Crippen molar-refractivity contribution in [3.05, 3.63) is 0 Å². The number of Topliss-reactive ketones (excluding diaryl/α,β-unsaturated/α-hetero) is 2. The molecule has 0 aromatic heterocycles. The summed E-state index contributed by atoms with van der Waals surface area (Å²) in [5.41, 5.74) is 0. The van der Waals surface area contributed by atoms with Crippen LogP contribution < -0.4 is 5.32 Å². The fourth-order valence-corrected chi connectivity index (χ4v) is 2.76. The Balaban J connectivity index is 2.02. The third-order valence-electron chi connectivity index (χ3n) is 4.06. The van der Waals surface area contributed by atoms with E-state index < -0.39 is 0 Å². The molecule has 0 heterocycles. The second-order valence-electron chi connectivity index (χ2n) is 6.07. The zero-order chi connectivity index (χ0) is 15.5. The van der Waals surface area contributed by atoms with Crippen LogP contribution in [-0.2, 0) is 14.4 Å². The first kappa shape index (κ1) is 17.9. The van der Waals surface area contributed by atoms with E-state index in [1.165, 1.54) is 32.1 Å². The molecule has 0 saturated heterocycles. The minimum atomic E-state index is -0.344. The van der Waals surface area contributed by atoms with E-state index in [0.717, 1.165) is 25.7 Å². The van der Waals surface area contributed by atoms with Crippen LogP contribution in [0.25, 0.3) is 0 Å². The van der Waals surface area contributed by atoms with Gasteiger partial charge < -0.3 is 5.32 Å². The van der Waals surface area contributed by atoms with Gasteiger partial charge in [0, 0.05) is 12.8 Å². The van der Waals surface area contributed by atoms with Gasteiger partial charge in [-0.25, -0.2) is 0 Å². The minimum absolute atomic E-state index is 0.00787. The van der Waals surface area contributed by atoms with Crippen LogP contribution in [0.4, 0.5) is 0 Å². The van der Waals surface area contributed by atoms with E-state index in [1.807, 2.05) is 0 Å². The zero-order valence-corrected chi connectivity index (χ0v) is 13.3. The highest BCUT2D eigenvalue weighted by Gasteiger charge is 2.26. The molecule has 1 saturated carbocycles. The Kier molecular flexibility index (Phi) is 8.95. The molecule has 0 aromatic rings. The van der Waals surface area contributed by atoms with Crippen molar-refractivity contribution in [1.82, 2.24) is 5.32 Å². The van der Waals surface area contributed by atoms with Crippen molar-refractivity contribution in [3.63, 3.8) is 0 Å². The summed E-state index contributed by atoms with van der Waals surface area (Å²) in [6.45, 7) is 2.20. The second-order valence-corrected chi connectivity index (χ2v) is 6.07. The van der Waals surface area contributed by atoms with Crippen LogP contribution in [0.2, 0.25) is 0 Å². The predicted molar refractivity (Wildman–Crippen MR) is 83.0 cm³/mol. The fourth-order valence-electron chi connectivity index (χ4n) is 2.76. The van der Waals surface area contributed by atoms with Crippen molar-refractivity contribution >= 4 is 17.5 Å². The van der Waals surface area contributed by atoms with Gasteiger partial charge in [0.2, 0.25) is 5.91 Å². The SMILES string of the molecule is CCCCCCCCCC(=O)CC(=O)NC1CCCC1=O. The van der Waals surface area contributed by atoms with Crippen molar-refractivity contribution in [1.29, 1.82) is 0 Å². The van der Waals surface area contributed by atoms with Crippen LogP contribution in [0.3, 0.4) is 0 Å². The highest BCUT2D eigenvalue weighted by molar-refractivity contribution is 6.00. The van der Waals surface area contributed by atoms with Crippen molar-refractivity contribution in [2.24, 2.45) is 0 Å². The first-order valence-corrected chi connectivity index (χ1v) is 8.47. The normalized spacial score (nSPS) is 18.0. The van der Waals surface area contributed by atoms with Crippen LogP contribution in [0, 0.1) is 0 Å². The molecule has 1 unspecified atom stereocenters. The Morgan fingerprint density at radius 1 is 1.10 bits per heavy atom. The molecule has 1 fully saturated rings. The zero-order valence-electron chi connectivity index (χ0n) is 13.3. The lowest BCUT2D eigenvalue weighted by atomic mass is 10.1. The molecule has 4 nitrogen and oxygen atoms in total. The molecule has 4 heteroatoms. The van der Waals surface area contributed by atoms with E-state index in [-0.39, 0.29) is 29.9 Å². The van der Waals surface area contributed by atoms with E-state index in [1.54, 1.807) is 0 Å². The molecular formula is C17H29NO3. The monoisotopic (exact) mass is 295 g/mol. The Hall–Kier alpha value is -1.19. The average molecular weight is 295 g/mol. The summed E-state index contributed by atoms with van der Waals surface area (Å²) in [5.74, 6) is -0.197. The molecule has 0 spiro atoms. The summed E-state index contributed by atoms with van der Waals surface area (Å²) < 4.78 is 0. The van der Waals surface area contributed by atoms with E-state index >= 15 is 0 Å². The smallest absolute Gasteiger partial charge is 0.228 e. The standard InChI is InChI=1S/C17H29NO3/c1-2-3-4-5-6-7-8-10-14(19)13-17(21)18-15-11-9-12-16(15)20/h15H,2-13H2,1H3,(H,18,21). The number of hydrogen-bond donors (Lipinski definition) is 1. The lowest BCUT2D eigenvalue weighted by Crippen LogP contribution is -2.38. The molecule has 1 aliphatic carbocycles. The summed E-state index contributed by atoms with van der Waals surface area (Å²) in [6.07, 6.45) is 10.7. The maximum Gasteiger partial charge on any atom is 0.228 e. The van der Waals surface area contributed by atoms with Gasteiger partial charge in [0.1, 0.15) is 5.78 Å². The van der Waals surface area contributed by atoms with Crippen LogP contribution in [0.15, 0.2) is 0 Å². The van der Waals surface area contributed by atoms with Gasteiger partial charge in [-0.1, -0.05) is 45.4 Å². The molecule has 1 N–H and O–H groups in total. The van der Waals surface area contributed by atoms with E-state index in [2.05, 4.69) is 12.2 Å². The van der Waals surface area contributed by atoms with Crippen molar-refractivity contribution in [3.8, 4) is 0 Å². The molecule has 0 radical (unpaired) electrons. The van der Waals surface area contributed by atoms with Gasteiger partial charge in [0.05, 0.1) is 12.5 Å². The molecule has 0 bridgehead atoms. The van der Waals surface area contributed by atoms with Crippen LogP contribution in [-0.4, -0.2) is 23.5 Å². The lowest BCUT2D eigenvalue weighted by Gasteiger charge is -2.10. The van der Waals surface area contributed by atoms with Gasteiger partial charge in [-0.3, -0.25) is 14.4 Å². The highest BCUT2D eigenvalue weighted by atomic mass is 16.2. The first-order valence-electron chi connectivity index (χ1n) is 8.47. The molecule has 1 amide bonds. The van der Waals surface area contributed by atoms with Gasteiger partial charge in [-0.2, -0.15) is 0 Å². The summed E-state index contributed by atoms with van der Waals surface area (Å²) in [6, 6.07) is -0.344. The van der Waals surface area contributed by atoms with Gasteiger partial charge >= 0.3 is 0 Å². The first-order chi connectivity index (χ1) is 10.1. The number of rotatable bonds is 11. The van der Waals surface area contributed by atoms with Gasteiger partial charge in [0.15, 0.2) is 5.78 Å². The highest BCUT2D eigenvalue weighted by Crippen LogP contribution is 2.14. The molecule has 120 valence electrons. The molecular weight excluding hydrogens is 266 g/mol. The number of unbranched alkanes of at least 4 members (excludes halogenated alkanes) is 6. The van der Waals surface area contributed by atoms with Gasteiger partial charge in [0.25, 0.3) is 0 Å². The van der Waals surface area contributed by atoms with Crippen LogP contribution in [0.5, 0.6) is 0 Å². The molecule has 21 heavy (non-hydrogen) atoms. The van der Waals surface area contributed by atoms with Crippen LogP contribution in [0.1, 0.15) is 84.0 Å². The molecule has 0 aliphatic heterocycles. The maximum atomic E-state index is 11.7. The summed E-state index contributed by atoms with van der Waals surface area (Å²) in [5, 5.41) is 2.67.